The van der Waals surface area contributed by atoms with Crippen molar-refractivity contribution in [1.29, 1.82) is 0 Å². The minimum absolute atomic E-state index is 0.00793. The lowest BCUT2D eigenvalue weighted by Crippen LogP contribution is -2.46. The quantitative estimate of drug-likeness (QED) is 0.853. The van der Waals surface area contributed by atoms with Crippen molar-refractivity contribution in [3.63, 3.8) is 0 Å². The molecule has 0 bridgehead atoms. The molecule has 2 aliphatic carbocycles. The molecule has 1 aliphatic heterocycles. The summed E-state index contributed by atoms with van der Waals surface area (Å²) in [5.41, 5.74) is 0. The van der Waals surface area contributed by atoms with Gasteiger partial charge in [0.25, 0.3) is 0 Å². The number of benzene rings is 1. The lowest BCUT2D eigenvalue weighted by molar-refractivity contribution is -0.139. The van der Waals surface area contributed by atoms with Crippen LogP contribution < -0.4 is 10.1 Å². The Bertz CT molecular complexity index is 638. The van der Waals surface area contributed by atoms with Gasteiger partial charge in [0.05, 0.1) is 6.54 Å². The van der Waals surface area contributed by atoms with E-state index in [-0.39, 0.29) is 17.9 Å². The fourth-order valence-electron chi connectivity index (χ4n) is 4.20. The van der Waals surface area contributed by atoms with Crippen LogP contribution in [0.4, 0.5) is 0 Å². The maximum atomic E-state index is 12.9. The van der Waals surface area contributed by atoms with Gasteiger partial charge in [0.1, 0.15) is 17.9 Å². The molecule has 0 aromatic heterocycles. The highest BCUT2D eigenvalue weighted by atomic mass is 16.5. The van der Waals surface area contributed by atoms with Crippen LogP contribution in [0.3, 0.4) is 0 Å². The van der Waals surface area contributed by atoms with Crippen molar-refractivity contribution in [2.24, 2.45) is 5.92 Å². The Morgan fingerprint density at radius 3 is 2.50 bits per heavy atom. The molecule has 3 fully saturated rings. The molecule has 0 spiro atoms. The Labute approximate surface area is 155 Å². The number of para-hydroxylation sites is 1. The van der Waals surface area contributed by atoms with Crippen LogP contribution in [0.2, 0.25) is 0 Å². The standard InChI is InChI=1S/C21H28N2O3/c24-20(12-15-6-4-5-7-15)23-14-18(26-17-8-2-1-3-9-17)13-19(23)21(25)22-16-10-11-16/h1-3,8-9,15-16,18-19H,4-7,10-14H2,(H,22,25)/t18-,19-/m0/s1. The van der Waals surface area contributed by atoms with Gasteiger partial charge in [0.15, 0.2) is 0 Å². The maximum Gasteiger partial charge on any atom is 0.243 e. The third-order valence-electron chi connectivity index (χ3n) is 5.79. The van der Waals surface area contributed by atoms with E-state index in [0.29, 0.717) is 31.3 Å². The van der Waals surface area contributed by atoms with Crippen molar-refractivity contribution in [3.05, 3.63) is 30.3 Å². The summed E-state index contributed by atoms with van der Waals surface area (Å²) in [6, 6.07) is 9.58. The predicted molar refractivity (Wildman–Crippen MR) is 98.7 cm³/mol. The molecule has 2 saturated carbocycles. The Balaban J connectivity index is 1.42. The molecule has 2 amide bonds. The molecular formula is C21H28N2O3. The molecule has 4 rings (SSSR count). The molecule has 1 aromatic rings. The van der Waals surface area contributed by atoms with Gasteiger partial charge in [0, 0.05) is 18.9 Å². The summed E-state index contributed by atoms with van der Waals surface area (Å²) in [6.07, 6.45) is 7.86. The molecule has 1 saturated heterocycles. The van der Waals surface area contributed by atoms with E-state index in [1.54, 1.807) is 4.90 Å². The SMILES string of the molecule is O=C(NC1CC1)[C@@H]1C[C@H](Oc2ccccc2)CN1C(=O)CC1CCCC1. The van der Waals surface area contributed by atoms with Crippen molar-refractivity contribution in [2.45, 2.75) is 69.6 Å². The first-order chi connectivity index (χ1) is 12.7. The highest BCUT2D eigenvalue weighted by Crippen LogP contribution is 2.31. The lowest BCUT2D eigenvalue weighted by Gasteiger charge is -2.25. The molecule has 0 radical (unpaired) electrons. The average Bonchev–Trinajstić information content (AvgIpc) is 3.13. The van der Waals surface area contributed by atoms with E-state index in [4.69, 9.17) is 4.74 Å². The second-order valence-corrected chi connectivity index (χ2v) is 7.99. The molecule has 140 valence electrons. The van der Waals surface area contributed by atoms with E-state index in [2.05, 4.69) is 5.32 Å². The van der Waals surface area contributed by atoms with Crippen molar-refractivity contribution in [1.82, 2.24) is 10.2 Å². The average molecular weight is 356 g/mol. The summed E-state index contributed by atoms with van der Waals surface area (Å²) in [5.74, 6) is 1.39. The summed E-state index contributed by atoms with van der Waals surface area (Å²) in [4.78, 5) is 27.4. The number of rotatable bonds is 6. The number of hydrogen-bond donors (Lipinski definition) is 1. The number of hydrogen-bond acceptors (Lipinski definition) is 3. The third kappa shape index (κ3) is 4.19. The van der Waals surface area contributed by atoms with Gasteiger partial charge in [-0.2, -0.15) is 0 Å². The molecule has 0 unspecified atom stereocenters. The minimum Gasteiger partial charge on any atom is -0.488 e. The number of carbonyl (C=O) groups is 2. The van der Waals surface area contributed by atoms with E-state index < -0.39 is 6.04 Å². The van der Waals surface area contributed by atoms with E-state index in [1.165, 1.54) is 12.8 Å². The molecule has 3 aliphatic rings. The fraction of sp³-hybridized carbons (Fsp3) is 0.619. The normalized spacial score (nSPS) is 26.1. The van der Waals surface area contributed by atoms with Gasteiger partial charge in [-0.05, 0) is 43.7 Å². The molecule has 2 atom stereocenters. The summed E-state index contributed by atoms with van der Waals surface area (Å²) < 4.78 is 6.05. The predicted octanol–water partition coefficient (Wildman–Crippen LogP) is 2.89. The molecule has 1 heterocycles. The van der Waals surface area contributed by atoms with Crippen LogP contribution in [-0.2, 0) is 9.59 Å². The topological polar surface area (TPSA) is 58.6 Å². The van der Waals surface area contributed by atoms with Crippen LogP contribution in [-0.4, -0.2) is 41.4 Å². The smallest absolute Gasteiger partial charge is 0.243 e. The minimum atomic E-state index is -0.391. The van der Waals surface area contributed by atoms with Gasteiger partial charge >= 0.3 is 0 Å². The van der Waals surface area contributed by atoms with Gasteiger partial charge in [0.2, 0.25) is 11.8 Å². The monoisotopic (exact) mass is 356 g/mol. The zero-order valence-corrected chi connectivity index (χ0v) is 15.2. The molecule has 26 heavy (non-hydrogen) atoms. The maximum absolute atomic E-state index is 12.9. The lowest BCUT2D eigenvalue weighted by atomic mass is 10.0. The number of amides is 2. The summed E-state index contributed by atoms with van der Waals surface area (Å²) in [5, 5.41) is 3.07. The number of likely N-dealkylation sites (tertiary alicyclic amines) is 1. The van der Waals surface area contributed by atoms with Crippen molar-refractivity contribution in [2.75, 3.05) is 6.54 Å². The van der Waals surface area contributed by atoms with E-state index in [9.17, 15) is 9.59 Å². The largest absolute Gasteiger partial charge is 0.488 e. The number of carbonyl (C=O) groups excluding carboxylic acids is 2. The second-order valence-electron chi connectivity index (χ2n) is 7.99. The number of nitrogens with zero attached hydrogens (tertiary/aromatic N) is 1. The van der Waals surface area contributed by atoms with Crippen molar-refractivity contribution >= 4 is 11.8 Å². The van der Waals surface area contributed by atoms with Crippen LogP contribution in [0.1, 0.15) is 51.4 Å². The first-order valence-electron chi connectivity index (χ1n) is 10.0. The van der Waals surface area contributed by atoms with Gasteiger partial charge in [-0.15, -0.1) is 0 Å². The van der Waals surface area contributed by atoms with Crippen LogP contribution in [0, 0.1) is 5.92 Å². The van der Waals surface area contributed by atoms with Crippen LogP contribution in [0.15, 0.2) is 30.3 Å². The third-order valence-corrected chi connectivity index (χ3v) is 5.79. The highest BCUT2D eigenvalue weighted by molar-refractivity contribution is 5.88. The number of nitrogens with one attached hydrogen (secondary N) is 1. The first-order valence-corrected chi connectivity index (χ1v) is 10.0. The van der Waals surface area contributed by atoms with E-state index >= 15 is 0 Å². The van der Waals surface area contributed by atoms with Crippen LogP contribution in [0.25, 0.3) is 0 Å². The summed E-state index contributed by atoms with van der Waals surface area (Å²) >= 11 is 0. The summed E-state index contributed by atoms with van der Waals surface area (Å²) in [7, 11) is 0. The van der Waals surface area contributed by atoms with Gasteiger partial charge in [-0.1, -0.05) is 31.0 Å². The number of ether oxygens (including phenoxy) is 1. The fourth-order valence-corrected chi connectivity index (χ4v) is 4.20. The highest BCUT2D eigenvalue weighted by Gasteiger charge is 2.42. The van der Waals surface area contributed by atoms with Gasteiger partial charge < -0.3 is 15.0 Å². The molecular weight excluding hydrogens is 328 g/mol. The molecule has 1 N–H and O–H groups in total. The first kappa shape index (κ1) is 17.4. The van der Waals surface area contributed by atoms with Crippen LogP contribution >= 0.6 is 0 Å². The van der Waals surface area contributed by atoms with Crippen LogP contribution in [0.5, 0.6) is 5.75 Å². The Morgan fingerprint density at radius 2 is 1.81 bits per heavy atom. The Morgan fingerprint density at radius 1 is 1.08 bits per heavy atom. The molecule has 1 aromatic carbocycles. The Kier molecular flexibility index (Phi) is 5.14. The second kappa shape index (κ2) is 7.68. The van der Waals surface area contributed by atoms with Gasteiger partial charge in [-0.3, -0.25) is 9.59 Å². The molecule has 5 heteroatoms. The van der Waals surface area contributed by atoms with Crippen molar-refractivity contribution < 1.29 is 14.3 Å². The summed E-state index contributed by atoms with van der Waals surface area (Å²) in [6.45, 7) is 0.503. The van der Waals surface area contributed by atoms with E-state index in [1.807, 2.05) is 30.3 Å². The van der Waals surface area contributed by atoms with Crippen molar-refractivity contribution in [3.8, 4) is 5.75 Å². The molecule has 5 nitrogen and oxygen atoms in total. The zero-order valence-electron chi connectivity index (χ0n) is 15.2. The van der Waals surface area contributed by atoms with E-state index in [0.717, 1.165) is 31.4 Å². The zero-order chi connectivity index (χ0) is 17.9. The van der Waals surface area contributed by atoms with Gasteiger partial charge in [-0.25, -0.2) is 0 Å². The Hall–Kier alpha value is -2.04.